The maximum atomic E-state index is 10.9. The fourth-order valence-corrected chi connectivity index (χ4v) is 1.82. The molecule has 0 amide bonds. The Bertz CT molecular complexity index is 754. The van der Waals surface area contributed by atoms with Crippen molar-refractivity contribution >= 4 is 17.4 Å². The van der Waals surface area contributed by atoms with Gasteiger partial charge in [-0.3, -0.25) is 4.98 Å². The second-order valence-electron chi connectivity index (χ2n) is 4.11. The standard InChI is InChI=1S/C13H11N5O2/c19-13(20)10-7-12-15-6-4-11(18(12)17-10)16-8-9-3-1-2-5-14-9/h1-7,16H,8H2,(H,19,20). The van der Waals surface area contributed by atoms with Crippen LogP contribution in [-0.2, 0) is 6.54 Å². The van der Waals surface area contributed by atoms with Crippen molar-refractivity contribution in [2.24, 2.45) is 0 Å². The molecule has 2 N–H and O–H groups in total. The van der Waals surface area contributed by atoms with Crippen molar-refractivity contribution in [3.8, 4) is 0 Å². The first-order chi connectivity index (χ1) is 9.74. The molecule has 0 fully saturated rings. The number of anilines is 1. The summed E-state index contributed by atoms with van der Waals surface area (Å²) >= 11 is 0. The summed E-state index contributed by atoms with van der Waals surface area (Å²) in [5.74, 6) is -0.417. The molecular formula is C13H11N5O2. The van der Waals surface area contributed by atoms with E-state index >= 15 is 0 Å². The van der Waals surface area contributed by atoms with E-state index in [1.807, 2.05) is 18.2 Å². The van der Waals surface area contributed by atoms with Crippen molar-refractivity contribution < 1.29 is 9.90 Å². The van der Waals surface area contributed by atoms with Gasteiger partial charge in [0.05, 0.1) is 12.2 Å². The first-order valence-electron chi connectivity index (χ1n) is 5.96. The van der Waals surface area contributed by atoms with Crippen LogP contribution < -0.4 is 5.32 Å². The summed E-state index contributed by atoms with van der Waals surface area (Å²) in [6.07, 6.45) is 3.32. The minimum absolute atomic E-state index is 0.0374. The molecule has 20 heavy (non-hydrogen) atoms. The van der Waals surface area contributed by atoms with Crippen LogP contribution in [0.2, 0.25) is 0 Å². The van der Waals surface area contributed by atoms with Gasteiger partial charge in [0.25, 0.3) is 0 Å². The van der Waals surface area contributed by atoms with Crippen molar-refractivity contribution in [1.29, 1.82) is 0 Å². The lowest BCUT2D eigenvalue weighted by Gasteiger charge is -2.07. The molecule has 7 heteroatoms. The molecule has 0 saturated carbocycles. The number of hydrogen-bond acceptors (Lipinski definition) is 5. The molecule has 0 unspecified atom stereocenters. The van der Waals surface area contributed by atoms with Gasteiger partial charge in [0.1, 0.15) is 5.82 Å². The van der Waals surface area contributed by atoms with Crippen LogP contribution in [0.25, 0.3) is 5.65 Å². The molecule has 0 aliphatic rings. The van der Waals surface area contributed by atoms with E-state index in [0.29, 0.717) is 18.0 Å². The van der Waals surface area contributed by atoms with Crippen LogP contribution in [-0.4, -0.2) is 30.7 Å². The Kier molecular flexibility index (Phi) is 3.00. The molecular weight excluding hydrogens is 258 g/mol. The SMILES string of the molecule is O=C(O)c1cc2nccc(NCc3ccccn3)n2n1. The quantitative estimate of drug-likeness (QED) is 0.744. The minimum Gasteiger partial charge on any atom is -0.476 e. The van der Waals surface area contributed by atoms with E-state index in [4.69, 9.17) is 5.11 Å². The molecule has 3 aromatic heterocycles. The zero-order chi connectivity index (χ0) is 13.9. The maximum absolute atomic E-state index is 10.9. The van der Waals surface area contributed by atoms with Crippen molar-refractivity contribution in [1.82, 2.24) is 19.6 Å². The molecule has 3 rings (SSSR count). The molecule has 3 aromatic rings. The number of carboxylic acid groups (broad SMARTS) is 1. The van der Waals surface area contributed by atoms with Crippen LogP contribution in [0.5, 0.6) is 0 Å². The highest BCUT2D eigenvalue weighted by molar-refractivity contribution is 5.86. The molecule has 0 spiro atoms. The summed E-state index contributed by atoms with van der Waals surface area (Å²) < 4.78 is 1.46. The van der Waals surface area contributed by atoms with E-state index in [1.54, 1.807) is 18.5 Å². The first-order valence-corrected chi connectivity index (χ1v) is 5.96. The van der Waals surface area contributed by atoms with Gasteiger partial charge in [-0.15, -0.1) is 0 Å². The Morgan fingerprint density at radius 1 is 1.25 bits per heavy atom. The lowest BCUT2D eigenvalue weighted by molar-refractivity contribution is 0.0690. The third-order valence-corrected chi connectivity index (χ3v) is 2.75. The molecule has 0 bridgehead atoms. The molecule has 0 aliphatic heterocycles. The molecule has 0 aliphatic carbocycles. The number of carbonyl (C=O) groups is 1. The Morgan fingerprint density at radius 2 is 2.15 bits per heavy atom. The number of aromatic carboxylic acids is 1. The van der Waals surface area contributed by atoms with E-state index in [0.717, 1.165) is 5.69 Å². The maximum Gasteiger partial charge on any atom is 0.356 e. The van der Waals surface area contributed by atoms with E-state index in [-0.39, 0.29) is 5.69 Å². The normalized spacial score (nSPS) is 10.6. The van der Waals surface area contributed by atoms with E-state index in [1.165, 1.54) is 10.6 Å². The van der Waals surface area contributed by atoms with Crippen molar-refractivity contribution in [3.63, 3.8) is 0 Å². The third-order valence-electron chi connectivity index (χ3n) is 2.75. The number of carboxylic acids is 1. The predicted molar refractivity (Wildman–Crippen MR) is 71.5 cm³/mol. The molecule has 0 radical (unpaired) electrons. The number of fused-ring (bicyclic) bond motifs is 1. The van der Waals surface area contributed by atoms with Gasteiger partial charge in [-0.2, -0.15) is 9.61 Å². The van der Waals surface area contributed by atoms with Gasteiger partial charge in [-0.1, -0.05) is 6.07 Å². The van der Waals surface area contributed by atoms with Gasteiger partial charge in [-0.05, 0) is 18.2 Å². The number of aromatic nitrogens is 4. The lowest BCUT2D eigenvalue weighted by atomic mass is 10.3. The monoisotopic (exact) mass is 269 g/mol. The van der Waals surface area contributed by atoms with Crippen LogP contribution in [0.15, 0.2) is 42.7 Å². The van der Waals surface area contributed by atoms with E-state index in [2.05, 4.69) is 20.4 Å². The Morgan fingerprint density at radius 3 is 2.90 bits per heavy atom. The largest absolute Gasteiger partial charge is 0.476 e. The van der Waals surface area contributed by atoms with Crippen LogP contribution in [0.4, 0.5) is 5.82 Å². The van der Waals surface area contributed by atoms with Crippen molar-refractivity contribution in [3.05, 3.63) is 54.1 Å². The summed E-state index contributed by atoms with van der Waals surface area (Å²) in [5, 5.41) is 16.1. The summed E-state index contributed by atoms with van der Waals surface area (Å²) in [6.45, 7) is 0.516. The average molecular weight is 269 g/mol. The third kappa shape index (κ3) is 2.28. The zero-order valence-corrected chi connectivity index (χ0v) is 10.4. The summed E-state index contributed by atoms with van der Waals surface area (Å²) in [5.41, 5.74) is 1.32. The number of nitrogens with one attached hydrogen (secondary N) is 1. The first kappa shape index (κ1) is 12.1. The number of pyridine rings is 1. The highest BCUT2D eigenvalue weighted by atomic mass is 16.4. The van der Waals surface area contributed by atoms with Gasteiger partial charge in [0.15, 0.2) is 11.3 Å². The fourth-order valence-electron chi connectivity index (χ4n) is 1.82. The van der Waals surface area contributed by atoms with Gasteiger partial charge >= 0.3 is 5.97 Å². The zero-order valence-electron chi connectivity index (χ0n) is 10.4. The van der Waals surface area contributed by atoms with Crippen LogP contribution in [0.3, 0.4) is 0 Å². The van der Waals surface area contributed by atoms with Gasteiger partial charge in [-0.25, -0.2) is 9.78 Å². The fraction of sp³-hybridized carbons (Fsp3) is 0.0769. The highest BCUT2D eigenvalue weighted by Crippen LogP contribution is 2.12. The molecule has 100 valence electrons. The molecule has 0 aromatic carbocycles. The second-order valence-corrected chi connectivity index (χ2v) is 4.11. The van der Waals surface area contributed by atoms with E-state index in [9.17, 15) is 4.79 Å². The summed E-state index contributed by atoms with van der Waals surface area (Å²) in [7, 11) is 0. The number of rotatable bonds is 4. The average Bonchev–Trinajstić information content (AvgIpc) is 2.91. The summed E-state index contributed by atoms with van der Waals surface area (Å²) in [6, 6.07) is 8.81. The van der Waals surface area contributed by atoms with Crippen molar-refractivity contribution in [2.75, 3.05) is 5.32 Å². The smallest absolute Gasteiger partial charge is 0.356 e. The second kappa shape index (κ2) is 4.96. The molecule has 0 atom stereocenters. The molecule has 7 nitrogen and oxygen atoms in total. The van der Waals surface area contributed by atoms with Gasteiger partial charge in [0, 0.05) is 18.5 Å². The number of nitrogens with zero attached hydrogens (tertiary/aromatic N) is 4. The Balaban J connectivity index is 1.89. The lowest BCUT2D eigenvalue weighted by Crippen LogP contribution is -2.07. The van der Waals surface area contributed by atoms with Gasteiger partial charge in [0.2, 0.25) is 0 Å². The Labute approximate surface area is 113 Å². The molecule has 3 heterocycles. The summed E-state index contributed by atoms with van der Waals surface area (Å²) in [4.78, 5) is 19.2. The van der Waals surface area contributed by atoms with Gasteiger partial charge < -0.3 is 10.4 Å². The topological polar surface area (TPSA) is 92.4 Å². The van der Waals surface area contributed by atoms with Crippen LogP contribution in [0, 0.1) is 0 Å². The number of hydrogen-bond donors (Lipinski definition) is 2. The Hall–Kier alpha value is -2.96. The van der Waals surface area contributed by atoms with E-state index < -0.39 is 5.97 Å². The predicted octanol–water partition coefficient (Wildman–Crippen LogP) is 1.43. The van der Waals surface area contributed by atoms with Crippen LogP contribution in [0.1, 0.15) is 16.2 Å². The molecule has 0 saturated heterocycles. The highest BCUT2D eigenvalue weighted by Gasteiger charge is 2.11. The van der Waals surface area contributed by atoms with Crippen molar-refractivity contribution in [2.45, 2.75) is 6.54 Å². The minimum atomic E-state index is -1.08. The van der Waals surface area contributed by atoms with Crippen LogP contribution >= 0.6 is 0 Å².